The number of ether oxygens (including phenoxy) is 1. The van der Waals surface area contributed by atoms with Gasteiger partial charge in [-0.2, -0.15) is 0 Å². The number of fused-ring (bicyclic) bond motifs is 1. The van der Waals surface area contributed by atoms with Gasteiger partial charge in [-0.05, 0) is 31.2 Å². The van der Waals surface area contributed by atoms with Gasteiger partial charge >= 0.3 is 5.97 Å². The molecule has 2 aromatic rings. The van der Waals surface area contributed by atoms with Gasteiger partial charge in [0.2, 0.25) is 0 Å². The molecule has 0 spiro atoms. The topological polar surface area (TPSA) is 71.0 Å². The Morgan fingerprint density at radius 3 is 2.76 bits per heavy atom. The van der Waals surface area contributed by atoms with Crippen LogP contribution in [0, 0.1) is 0 Å². The van der Waals surface area contributed by atoms with Crippen LogP contribution in [0.15, 0.2) is 63.8 Å². The van der Waals surface area contributed by atoms with Crippen molar-refractivity contribution in [3.8, 4) is 0 Å². The zero-order valence-corrected chi connectivity index (χ0v) is 18.3. The first-order valence-electron chi connectivity index (χ1n) is 8.93. The molecule has 150 valence electrons. The molecule has 1 amide bonds. The van der Waals surface area contributed by atoms with Gasteiger partial charge in [-0.25, -0.2) is 4.99 Å². The second-order valence-corrected chi connectivity index (χ2v) is 7.50. The Labute approximate surface area is 182 Å². The van der Waals surface area contributed by atoms with Gasteiger partial charge in [-0.3, -0.25) is 9.59 Å². The number of carbonyl (C=O) groups is 2. The molecule has 0 fully saturated rings. The molecule has 0 bridgehead atoms. The highest BCUT2D eigenvalue weighted by molar-refractivity contribution is 9.10. The van der Waals surface area contributed by atoms with Gasteiger partial charge in [0.05, 0.1) is 18.0 Å². The lowest BCUT2D eigenvalue weighted by atomic mass is 10.0. The van der Waals surface area contributed by atoms with E-state index in [4.69, 9.17) is 16.3 Å². The van der Waals surface area contributed by atoms with E-state index in [1.54, 1.807) is 20.0 Å². The molecule has 0 radical (unpaired) electrons. The average Bonchev–Trinajstić information content (AvgIpc) is 2.79. The molecule has 1 heterocycles. The molecule has 1 N–H and O–H groups in total. The van der Waals surface area contributed by atoms with Gasteiger partial charge in [0.15, 0.2) is 0 Å². The third kappa shape index (κ3) is 4.68. The SMILES string of the molecule is CCOC(=O)CNC=C1N=C(c2ccccc2Cl)c2cc(Br)ccc2N(C)C1=O. The zero-order valence-electron chi connectivity index (χ0n) is 15.9. The summed E-state index contributed by atoms with van der Waals surface area (Å²) in [6.07, 6.45) is 1.42. The smallest absolute Gasteiger partial charge is 0.325 e. The molecule has 0 saturated heterocycles. The molecule has 3 rings (SSSR count). The lowest BCUT2D eigenvalue weighted by Crippen LogP contribution is -2.28. The number of anilines is 1. The van der Waals surface area contributed by atoms with Crippen LogP contribution in [0.2, 0.25) is 5.02 Å². The number of amides is 1. The van der Waals surface area contributed by atoms with Crippen LogP contribution < -0.4 is 10.2 Å². The molecule has 6 nitrogen and oxygen atoms in total. The van der Waals surface area contributed by atoms with E-state index >= 15 is 0 Å². The van der Waals surface area contributed by atoms with Gasteiger partial charge in [0, 0.05) is 33.9 Å². The van der Waals surface area contributed by atoms with Crippen LogP contribution in [0.4, 0.5) is 5.69 Å². The quantitative estimate of drug-likeness (QED) is 0.525. The van der Waals surface area contributed by atoms with Gasteiger partial charge in [-0.1, -0.05) is 45.7 Å². The fourth-order valence-electron chi connectivity index (χ4n) is 2.90. The van der Waals surface area contributed by atoms with Crippen molar-refractivity contribution in [2.75, 3.05) is 25.1 Å². The number of benzene rings is 2. The second kappa shape index (κ2) is 9.24. The molecule has 0 aromatic heterocycles. The number of hydrogen-bond acceptors (Lipinski definition) is 5. The van der Waals surface area contributed by atoms with Crippen LogP contribution >= 0.6 is 27.5 Å². The summed E-state index contributed by atoms with van der Waals surface area (Å²) in [5, 5.41) is 3.33. The Morgan fingerprint density at radius 1 is 1.28 bits per heavy atom. The summed E-state index contributed by atoms with van der Waals surface area (Å²) < 4.78 is 5.74. The summed E-state index contributed by atoms with van der Waals surface area (Å²) in [5.41, 5.74) is 2.88. The summed E-state index contributed by atoms with van der Waals surface area (Å²) >= 11 is 9.92. The van der Waals surface area contributed by atoms with Crippen LogP contribution in [-0.2, 0) is 14.3 Å². The van der Waals surface area contributed by atoms with E-state index < -0.39 is 5.97 Å². The lowest BCUT2D eigenvalue weighted by Gasteiger charge is -2.18. The summed E-state index contributed by atoms with van der Waals surface area (Å²) in [5.74, 6) is -0.728. The van der Waals surface area contributed by atoms with Crippen molar-refractivity contribution in [3.63, 3.8) is 0 Å². The Hall–Kier alpha value is -2.64. The maximum absolute atomic E-state index is 13.0. The maximum atomic E-state index is 13.0. The molecule has 8 heteroatoms. The minimum atomic E-state index is -0.415. The van der Waals surface area contributed by atoms with Crippen LogP contribution in [0.25, 0.3) is 0 Å². The first-order valence-corrected chi connectivity index (χ1v) is 10.1. The number of rotatable bonds is 5. The van der Waals surface area contributed by atoms with Crippen LogP contribution in [0.1, 0.15) is 18.1 Å². The van der Waals surface area contributed by atoms with Crippen LogP contribution in [0.5, 0.6) is 0 Å². The third-order valence-electron chi connectivity index (χ3n) is 4.25. The number of halogens is 2. The van der Waals surface area contributed by atoms with E-state index in [2.05, 4.69) is 26.2 Å². The molecule has 1 aliphatic rings. The standard InChI is InChI=1S/C21H19BrClN3O3/c1-3-29-19(27)12-24-11-17-21(28)26(2)18-9-8-13(22)10-15(18)20(25-17)14-6-4-5-7-16(14)23/h4-11,24H,3,12H2,1-2H3. The van der Waals surface area contributed by atoms with Crippen molar-refractivity contribution in [1.29, 1.82) is 0 Å². The summed E-state index contributed by atoms with van der Waals surface area (Å²) in [6.45, 7) is 1.96. The van der Waals surface area contributed by atoms with Crippen molar-refractivity contribution in [2.24, 2.45) is 4.99 Å². The van der Waals surface area contributed by atoms with Crippen LogP contribution in [-0.4, -0.2) is 37.8 Å². The number of benzodiazepines with no additional fused rings is 1. The largest absolute Gasteiger partial charge is 0.465 e. The first kappa shape index (κ1) is 21.1. The van der Waals surface area contributed by atoms with Gasteiger partial charge in [-0.15, -0.1) is 0 Å². The van der Waals surface area contributed by atoms with E-state index in [1.807, 2.05) is 36.4 Å². The van der Waals surface area contributed by atoms with Crippen molar-refractivity contribution >= 4 is 50.8 Å². The molecule has 29 heavy (non-hydrogen) atoms. The number of esters is 1. The summed E-state index contributed by atoms with van der Waals surface area (Å²) in [4.78, 5) is 30.7. The number of aliphatic imine (C=N–C) groups is 1. The lowest BCUT2D eigenvalue weighted by molar-refractivity contribution is -0.141. The van der Waals surface area contributed by atoms with Gasteiger partial charge in [0.1, 0.15) is 12.2 Å². The minimum Gasteiger partial charge on any atom is -0.465 e. The fourth-order valence-corrected chi connectivity index (χ4v) is 3.48. The van der Waals surface area contributed by atoms with E-state index in [0.29, 0.717) is 22.0 Å². The van der Waals surface area contributed by atoms with E-state index in [9.17, 15) is 9.59 Å². The Balaban J connectivity index is 2.11. The molecule has 0 atom stereocenters. The maximum Gasteiger partial charge on any atom is 0.325 e. The number of hydrogen-bond donors (Lipinski definition) is 1. The van der Waals surface area contributed by atoms with Crippen molar-refractivity contribution < 1.29 is 14.3 Å². The van der Waals surface area contributed by atoms with Crippen molar-refractivity contribution in [1.82, 2.24) is 5.32 Å². The Morgan fingerprint density at radius 2 is 2.03 bits per heavy atom. The number of nitrogens with zero attached hydrogens (tertiary/aromatic N) is 2. The molecular formula is C21H19BrClN3O3. The molecule has 0 saturated carbocycles. The highest BCUT2D eigenvalue weighted by atomic mass is 79.9. The third-order valence-corrected chi connectivity index (χ3v) is 5.07. The molecule has 0 unspecified atom stereocenters. The van der Waals surface area contributed by atoms with Gasteiger partial charge in [0.25, 0.3) is 5.91 Å². The molecule has 1 aliphatic heterocycles. The monoisotopic (exact) mass is 475 g/mol. The van der Waals surface area contributed by atoms with E-state index in [1.165, 1.54) is 11.1 Å². The second-order valence-electron chi connectivity index (χ2n) is 6.18. The normalized spacial score (nSPS) is 14.9. The van der Waals surface area contributed by atoms with Gasteiger partial charge < -0.3 is 15.0 Å². The number of carbonyl (C=O) groups excluding carboxylic acids is 2. The summed E-state index contributed by atoms with van der Waals surface area (Å²) in [6, 6.07) is 12.9. The van der Waals surface area contributed by atoms with Crippen LogP contribution in [0.3, 0.4) is 0 Å². The molecule has 0 aliphatic carbocycles. The predicted octanol–water partition coefficient (Wildman–Crippen LogP) is 3.91. The fraction of sp³-hybridized carbons (Fsp3) is 0.190. The van der Waals surface area contributed by atoms with E-state index in [-0.39, 0.29) is 24.8 Å². The molecule has 2 aromatic carbocycles. The number of likely N-dealkylation sites (N-methyl/N-ethyl adjacent to an activating group) is 1. The molecular weight excluding hydrogens is 458 g/mol. The summed E-state index contributed by atoms with van der Waals surface area (Å²) in [7, 11) is 1.68. The van der Waals surface area contributed by atoms with E-state index in [0.717, 1.165) is 10.0 Å². The highest BCUT2D eigenvalue weighted by Crippen LogP contribution is 2.32. The number of nitrogens with one attached hydrogen (secondary N) is 1. The zero-order chi connectivity index (χ0) is 21.0. The average molecular weight is 477 g/mol. The Kier molecular flexibility index (Phi) is 6.71. The highest BCUT2D eigenvalue weighted by Gasteiger charge is 2.27. The Bertz CT molecular complexity index is 1020. The van der Waals surface area contributed by atoms with Crippen molar-refractivity contribution in [3.05, 3.63) is 75.0 Å². The van der Waals surface area contributed by atoms with Crippen molar-refractivity contribution in [2.45, 2.75) is 6.92 Å². The minimum absolute atomic E-state index is 0.0657. The first-order chi connectivity index (χ1) is 13.9. The predicted molar refractivity (Wildman–Crippen MR) is 117 cm³/mol.